The zero-order valence-electron chi connectivity index (χ0n) is 13.8. The molecule has 0 saturated heterocycles. The number of hydrogen-bond acceptors (Lipinski definition) is 6. The van der Waals surface area contributed by atoms with Crippen LogP contribution >= 0.6 is 22.9 Å². The van der Waals surface area contributed by atoms with Crippen molar-refractivity contribution >= 4 is 48.9 Å². The standard InChI is InChI=1S/C15H17ClN2O5S3/c1-10(2)14(17-25(20,21)11-6-4-3-5-7-11)15(19)18-26(22,23)13-9-8-12(16)24-13/h3-10,14,17H,1-2H3,(H,18,19). The molecule has 0 saturated carbocycles. The third-order valence-electron chi connectivity index (χ3n) is 3.33. The lowest BCUT2D eigenvalue weighted by Crippen LogP contribution is -2.50. The Hall–Kier alpha value is -1.46. The van der Waals surface area contributed by atoms with Crippen LogP contribution in [0.4, 0.5) is 0 Å². The lowest BCUT2D eigenvalue weighted by atomic mass is 10.1. The third kappa shape index (κ3) is 5.04. The number of sulfonamides is 2. The second kappa shape index (κ2) is 8.05. The molecule has 26 heavy (non-hydrogen) atoms. The van der Waals surface area contributed by atoms with Crippen LogP contribution in [0.15, 0.2) is 51.6 Å². The van der Waals surface area contributed by atoms with Gasteiger partial charge in [-0.3, -0.25) is 4.79 Å². The minimum absolute atomic E-state index is 0.0219. The highest BCUT2D eigenvalue weighted by Gasteiger charge is 2.31. The smallest absolute Gasteiger partial charge is 0.272 e. The summed E-state index contributed by atoms with van der Waals surface area (Å²) in [6, 6.07) is 8.89. The average Bonchev–Trinajstić information content (AvgIpc) is 3.00. The summed E-state index contributed by atoms with van der Waals surface area (Å²) in [7, 11) is -8.13. The number of thiophene rings is 1. The van der Waals surface area contributed by atoms with Crippen molar-refractivity contribution in [3.05, 3.63) is 46.8 Å². The van der Waals surface area contributed by atoms with Gasteiger partial charge < -0.3 is 0 Å². The number of amides is 1. The molecule has 7 nitrogen and oxygen atoms in total. The fourth-order valence-electron chi connectivity index (χ4n) is 2.02. The second-order valence-corrected chi connectivity index (χ2v) is 11.0. The van der Waals surface area contributed by atoms with Gasteiger partial charge in [0.25, 0.3) is 15.9 Å². The molecule has 1 atom stereocenters. The predicted octanol–water partition coefficient (Wildman–Crippen LogP) is 2.21. The summed E-state index contributed by atoms with van der Waals surface area (Å²) in [5.74, 6) is -1.46. The van der Waals surface area contributed by atoms with E-state index in [1.165, 1.54) is 24.3 Å². The number of carbonyl (C=O) groups excluding carboxylic acids is 1. The molecule has 2 N–H and O–H groups in total. The topological polar surface area (TPSA) is 109 Å². The van der Waals surface area contributed by atoms with Crippen LogP contribution < -0.4 is 9.44 Å². The van der Waals surface area contributed by atoms with E-state index in [0.717, 1.165) is 11.3 Å². The summed E-state index contributed by atoms with van der Waals surface area (Å²) in [6.45, 7) is 3.21. The first kappa shape index (κ1) is 20.8. The molecule has 1 amide bonds. The van der Waals surface area contributed by atoms with Crippen molar-refractivity contribution in [3.8, 4) is 0 Å². The van der Waals surface area contributed by atoms with Gasteiger partial charge in [-0.2, -0.15) is 4.72 Å². The molecule has 1 aromatic heterocycles. The molecule has 2 aromatic rings. The summed E-state index contributed by atoms with van der Waals surface area (Å²) in [6.07, 6.45) is 0. The Balaban J connectivity index is 2.23. The van der Waals surface area contributed by atoms with Crippen LogP contribution in [0.25, 0.3) is 0 Å². The highest BCUT2D eigenvalue weighted by molar-refractivity contribution is 7.92. The number of nitrogens with one attached hydrogen (secondary N) is 2. The van der Waals surface area contributed by atoms with Gasteiger partial charge in [0.2, 0.25) is 10.0 Å². The van der Waals surface area contributed by atoms with Crippen LogP contribution in [0.5, 0.6) is 0 Å². The highest BCUT2D eigenvalue weighted by Crippen LogP contribution is 2.25. The zero-order chi connectivity index (χ0) is 19.5. The largest absolute Gasteiger partial charge is 0.273 e. The van der Waals surface area contributed by atoms with Gasteiger partial charge >= 0.3 is 0 Å². The molecule has 0 fully saturated rings. The molecule has 142 valence electrons. The van der Waals surface area contributed by atoms with E-state index in [4.69, 9.17) is 11.6 Å². The SMILES string of the molecule is CC(C)C(NS(=O)(=O)c1ccccc1)C(=O)NS(=O)(=O)c1ccc(Cl)s1. The molecular formula is C15H17ClN2O5S3. The van der Waals surface area contributed by atoms with E-state index in [1.807, 2.05) is 4.72 Å². The van der Waals surface area contributed by atoms with E-state index < -0.39 is 37.9 Å². The predicted molar refractivity (Wildman–Crippen MR) is 100 cm³/mol. The van der Waals surface area contributed by atoms with E-state index in [9.17, 15) is 21.6 Å². The molecule has 0 aliphatic carbocycles. The maximum atomic E-state index is 12.4. The Morgan fingerprint density at radius 3 is 2.12 bits per heavy atom. The Bertz CT molecular complexity index is 985. The highest BCUT2D eigenvalue weighted by atomic mass is 35.5. The number of rotatable bonds is 7. The summed E-state index contributed by atoms with van der Waals surface area (Å²) < 4.78 is 53.7. The Labute approximate surface area is 161 Å². The van der Waals surface area contributed by atoms with Gasteiger partial charge in [0.15, 0.2) is 0 Å². The monoisotopic (exact) mass is 436 g/mol. The summed E-state index contributed by atoms with van der Waals surface area (Å²) in [5, 5.41) is 0. The molecular weight excluding hydrogens is 420 g/mol. The van der Waals surface area contributed by atoms with Crippen LogP contribution in [0.3, 0.4) is 0 Å². The van der Waals surface area contributed by atoms with E-state index in [0.29, 0.717) is 0 Å². The molecule has 0 bridgehead atoms. The minimum Gasteiger partial charge on any atom is -0.272 e. The second-order valence-electron chi connectivity index (χ2n) is 5.68. The van der Waals surface area contributed by atoms with Gasteiger partial charge in [-0.15, -0.1) is 11.3 Å². The summed E-state index contributed by atoms with van der Waals surface area (Å²) >= 11 is 6.51. The molecule has 1 aromatic carbocycles. The molecule has 0 spiro atoms. The Kier molecular flexibility index (Phi) is 6.46. The quantitative estimate of drug-likeness (QED) is 0.691. The van der Waals surface area contributed by atoms with Gasteiger partial charge in [0.05, 0.1) is 9.23 Å². The summed E-state index contributed by atoms with van der Waals surface area (Å²) in [5.41, 5.74) is 0. The normalized spacial score (nSPS) is 13.5. The Morgan fingerprint density at radius 1 is 1.00 bits per heavy atom. The van der Waals surface area contributed by atoms with E-state index in [2.05, 4.69) is 4.72 Å². The van der Waals surface area contributed by atoms with Gasteiger partial charge in [0, 0.05) is 0 Å². The lowest BCUT2D eigenvalue weighted by Gasteiger charge is -2.21. The number of carbonyl (C=O) groups is 1. The maximum absolute atomic E-state index is 12.4. The Morgan fingerprint density at radius 2 is 1.62 bits per heavy atom. The number of benzene rings is 1. The molecule has 11 heteroatoms. The fourth-order valence-corrected chi connectivity index (χ4v) is 5.87. The van der Waals surface area contributed by atoms with E-state index >= 15 is 0 Å². The van der Waals surface area contributed by atoms with Crippen molar-refractivity contribution in [2.24, 2.45) is 5.92 Å². The molecule has 0 aliphatic rings. The van der Waals surface area contributed by atoms with Gasteiger partial charge in [0.1, 0.15) is 10.3 Å². The van der Waals surface area contributed by atoms with E-state index in [-0.39, 0.29) is 13.4 Å². The minimum atomic E-state index is -4.14. The van der Waals surface area contributed by atoms with Crippen molar-refractivity contribution in [2.45, 2.75) is 29.0 Å². The molecule has 1 heterocycles. The first-order valence-corrected chi connectivity index (χ1v) is 11.6. The van der Waals surface area contributed by atoms with Crippen LogP contribution in [-0.2, 0) is 24.8 Å². The van der Waals surface area contributed by atoms with Crippen molar-refractivity contribution < 1.29 is 21.6 Å². The first-order valence-electron chi connectivity index (χ1n) is 7.42. The number of hydrogen-bond donors (Lipinski definition) is 2. The van der Waals surface area contributed by atoms with Crippen molar-refractivity contribution in [1.29, 1.82) is 0 Å². The molecule has 0 aliphatic heterocycles. The van der Waals surface area contributed by atoms with E-state index in [1.54, 1.807) is 32.0 Å². The van der Waals surface area contributed by atoms with Gasteiger partial charge in [-0.05, 0) is 30.2 Å². The molecule has 2 rings (SSSR count). The lowest BCUT2D eigenvalue weighted by molar-refractivity contribution is -0.121. The third-order valence-corrected chi connectivity index (χ3v) is 7.86. The van der Waals surface area contributed by atoms with Crippen LogP contribution in [0, 0.1) is 5.92 Å². The van der Waals surface area contributed by atoms with Crippen molar-refractivity contribution in [1.82, 2.24) is 9.44 Å². The maximum Gasteiger partial charge on any atom is 0.273 e. The fraction of sp³-hybridized carbons (Fsp3) is 0.267. The van der Waals surface area contributed by atoms with Gasteiger partial charge in [-0.25, -0.2) is 21.6 Å². The van der Waals surface area contributed by atoms with Crippen LogP contribution in [0.2, 0.25) is 4.34 Å². The zero-order valence-corrected chi connectivity index (χ0v) is 17.0. The number of halogens is 1. The summed E-state index contributed by atoms with van der Waals surface area (Å²) in [4.78, 5) is 12.4. The van der Waals surface area contributed by atoms with Crippen LogP contribution in [-0.4, -0.2) is 28.8 Å². The average molecular weight is 437 g/mol. The first-order chi connectivity index (χ1) is 12.0. The van der Waals surface area contributed by atoms with Crippen molar-refractivity contribution in [3.63, 3.8) is 0 Å². The van der Waals surface area contributed by atoms with Crippen LogP contribution in [0.1, 0.15) is 13.8 Å². The molecule has 0 radical (unpaired) electrons. The van der Waals surface area contributed by atoms with Crippen molar-refractivity contribution in [2.75, 3.05) is 0 Å². The molecule has 1 unspecified atom stereocenters. The van der Waals surface area contributed by atoms with Gasteiger partial charge in [-0.1, -0.05) is 43.6 Å².